The number of carbonyl (C=O) groups excluding carboxylic acids is 1. The first kappa shape index (κ1) is 15.9. The highest BCUT2D eigenvalue weighted by Gasteiger charge is 2.24. The average Bonchev–Trinajstić information content (AvgIpc) is 2.91. The van der Waals surface area contributed by atoms with Crippen LogP contribution in [0.3, 0.4) is 0 Å². The first-order valence-corrected chi connectivity index (χ1v) is 8.28. The molecule has 2 aromatic rings. The molecular weight excluding hydrogens is 316 g/mol. The Bertz CT molecular complexity index is 707. The standard InChI is InChI=1S/C16H21ClN4O2/c1-3-23-16(22)21-6-4-12(5-7-21)18-15-19-13-9-11(17)8-10(2)14(13)20-15/h8-9,12H,3-7H2,1-2H3,(H2,18,19,20). The van der Waals surface area contributed by atoms with Crippen molar-refractivity contribution in [2.24, 2.45) is 0 Å². The summed E-state index contributed by atoms with van der Waals surface area (Å²) in [5.74, 6) is 0.750. The van der Waals surface area contributed by atoms with Crippen molar-refractivity contribution in [3.8, 4) is 0 Å². The van der Waals surface area contributed by atoms with Crippen LogP contribution in [0.5, 0.6) is 0 Å². The number of ether oxygens (including phenoxy) is 1. The number of likely N-dealkylation sites (tertiary alicyclic amines) is 1. The van der Waals surface area contributed by atoms with Crippen LogP contribution in [0.1, 0.15) is 25.3 Å². The number of carbonyl (C=O) groups is 1. The third kappa shape index (κ3) is 3.52. The number of fused-ring (bicyclic) bond motifs is 1. The van der Waals surface area contributed by atoms with Crippen LogP contribution in [0.4, 0.5) is 10.7 Å². The monoisotopic (exact) mass is 336 g/mol. The van der Waals surface area contributed by atoms with Crippen molar-refractivity contribution in [3.63, 3.8) is 0 Å². The second-order valence-electron chi connectivity index (χ2n) is 5.81. The van der Waals surface area contributed by atoms with E-state index in [4.69, 9.17) is 16.3 Å². The van der Waals surface area contributed by atoms with E-state index in [9.17, 15) is 4.79 Å². The van der Waals surface area contributed by atoms with Gasteiger partial charge in [0.25, 0.3) is 0 Å². The summed E-state index contributed by atoms with van der Waals surface area (Å²) in [6, 6.07) is 4.08. The van der Waals surface area contributed by atoms with Gasteiger partial charge in [0.1, 0.15) is 0 Å². The van der Waals surface area contributed by atoms with Gasteiger partial charge in [-0.1, -0.05) is 11.6 Å². The third-order valence-corrected chi connectivity index (χ3v) is 4.32. The van der Waals surface area contributed by atoms with Crippen molar-refractivity contribution in [1.82, 2.24) is 14.9 Å². The molecule has 0 saturated carbocycles. The Morgan fingerprint density at radius 1 is 1.48 bits per heavy atom. The van der Waals surface area contributed by atoms with E-state index in [0.29, 0.717) is 24.7 Å². The maximum Gasteiger partial charge on any atom is 0.409 e. The summed E-state index contributed by atoms with van der Waals surface area (Å²) in [6.07, 6.45) is 1.52. The smallest absolute Gasteiger partial charge is 0.409 e. The predicted molar refractivity (Wildman–Crippen MR) is 91.1 cm³/mol. The van der Waals surface area contributed by atoms with Gasteiger partial charge in [0.2, 0.25) is 5.95 Å². The molecule has 1 fully saturated rings. The fraction of sp³-hybridized carbons (Fsp3) is 0.500. The lowest BCUT2D eigenvalue weighted by atomic mass is 10.1. The molecule has 0 unspecified atom stereocenters. The Labute approximate surface area is 140 Å². The van der Waals surface area contributed by atoms with Gasteiger partial charge in [-0.2, -0.15) is 0 Å². The summed E-state index contributed by atoms with van der Waals surface area (Å²) in [5.41, 5.74) is 2.91. The van der Waals surface area contributed by atoms with Crippen LogP contribution in [-0.2, 0) is 4.74 Å². The van der Waals surface area contributed by atoms with E-state index in [0.717, 1.165) is 35.4 Å². The van der Waals surface area contributed by atoms with Crippen LogP contribution in [0, 0.1) is 6.92 Å². The number of aryl methyl sites for hydroxylation is 1. The molecule has 3 rings (SSSR count). The fourth-order valence-electron chi connectivity index (χ4n) is 2.93. The predicted octanol–water partition coefficient (Wildman–Crippen LogP) is 3.56. The summed E-state index contributed by atoms with van der Waals surface area (Å²) >= 11 is 6.08. The fourth-order valence-corrected chi connectivity index (χ4v) is 3.20. The number of nitrogens with one attached hydrogen (secondary N) is 2. The van der Waals surface area contributed by atoms with Crippen molar-refractivity contribution in [1.29, 1.82) is 0 Å². The summed E-state index contributed by atoms with van der Waals surface area (Å²) in [6.45, 7) is 5.62. The van der Waals surface area contributed by atoms with Gasteiger partial charge >= 0.3 is 6.09 Å². The first-order chi connectivity index (χ1) is 11.1. The maximum absolute atomic E-state index is 11.7. The van der Waals surface area contributed by atoms with E-state index in [1.807, 2.05) is 26.0 Å². The zero-order valence-electron chi connectivity index (χ0n) is 13.4. The second-order valence-corrected chi connectivity index (χ2v) is 6.25. The Balaban J connectivity index is 1.63. The van der Waals surface area contributed by atoms with Gasteiger partial charge in [-0.25, -0.2) is 9.78 Å². The number of hydrogen-bond donors (Lipinski definition) is 2. The van der Waals surface area contributed by atoms with Crippen LogP contribution in [0.15, 0.2) is 12.1 Å². The van der Waals surface area contributed by atoms with E-state index in [2.05, 4.69) is 15.3 Å². The van der Waals surface area contributed by atoms with Gasteiger partial charge in [0.15, 0.2) is 0 Å². The van der Waals surface area contributed by atoms with Gasteiger partial charge in [0.05, 0.1) is 17.6 Å². The number of H-pyrrole nitrogens is 1. The molecule has 7 heteroatoms. The summed E-state index contributed by atoms with van der Waals surface area (Å²) in [4.78, 5) is 21.3. The van der Waals surface area contributed by atoms with Gasteiger partial charge in [-0.05, 0) is 44.4 Å². The molecule has 1 aromatic heterocycles. The minimum absolute atomic E-state index is 0.222. The molecule has 23 heavy (non-hydrogen) atoms. The first-order valence-electron chi connectivity index (χ1n) is 7.91. The Morgan fingerprint density at radius 3 is 2.91 bits per heavy atom. The Hall–Kier alpha value is -1.95. The van der Waals surface area contributed by atoms with E-state index in [-0.39, 0.29) is 12.1 Å². The van der Waals surface area contributed by atoms with Crippen LogP contribution >= 0.6 is 11.6 Å². The average molecular weight is 337 g/mol. The molecular formula is C16H21ClN4O2. The molecule has 1 aromatic carbocycles. The van der Waals surface area contributed by atoms with E-state index in [1.165, 1.54) is 0 Å². The van der Waals surface area contributed by atoms with Crippen molar-refractivity contribution in [2.45, 2.75) is 32.7 Å². The summed E-state index contributed by atoms with van der Waals surface area (Å²) in [7, 11) is 0. The number of nitrogens with zero attached hydrogens (tertiary/aromatic N) is 2. The molecule has 0 spiro atoms. The van der Waals surface area contributed by atoms with Gasteiger partial charge in [-0.15, -0.1) is 0 Å². The number of hydrogen-bond acceptors (Lipinski definition) is 4. The molecule has 0 aliphatic carbocycles. The quantitative estimate of drug-likeness (QED) is 0.899. The molecule has 124 valence electrons. The largest absolute Gasteiger partial charge is 0.450 e. The molecule has 1 saturated heterocycles. The molecule has 6 nitrogen and oxygen atoms in total. The van der Waals surface area contributed by atoms with Crippen LogP contribution in [-0.4, -0.2) is 46.7 Å². The number of imidazole rings is 1. The number of aromatic amines is 1. The highest BCUT2D eigenvalue weighted by atomic mass is 35.5. The number of amides is 1. The Kier molecular flexibility index (Phi) is 4.61. The summed E-state index contributed by atoms with van der Waals surface area (Å²) in [5, 5.41) is 4.12. The van der Waals surface area contributed by atoms with E-state index < -0.39 is 0 Å². The lowest BCUT2D eigenvalue weighted by Crippen LogP contribution is -2.42. The van der Waals surface area contributed by atoms with Gasteiger partial charge in [-0.3, -0.25) is 0 Å². The van der Waals surface area contributed by atoms with Crippen LogP contribution < -0.4 is 5.32 Å². The molecule has 0 radical (unpaired) electrons. The highest BCUT2D eigenvalue weighted by Crippen LogP contribution is 2.24. The number of rotatable bonds is 3. The maximum atomic E-state index is 11.7. The zero-order chi connectivity index (χ0) is 16.4. The van der Waals surface area contributed by atoms with Crippen molar-refractivity contribution >= 4 is 34.7 Å². The second kappa shape index (κ2) is 6.66. The van der Waals surface area contributed by atoms with E-state index in [1.54, 1.807) is 4.90 Å². The molecule has 1 aliphatic rings. The molecule has 1 aliphatic heterocycles. The highest BCUT2D eigenvalue weighted by molar-refractivity contribution is 6.31. The zero-order valence-corrected chi connectivity index (χ0v) is 14.1. The SMILES string of the molecule is CCOC(=O)N1CCC(Nc2nc3c(C)cc(Cl)cc3[nH]2)CC1. The normalized spacial score (nSPS) is 15.9. The number of halogens is 1. The van der Waals surface area contributed by atoms with Crippen molar-refractivity contribution < 1.29 is 9.53 Å². The lowest BCUT2D eigenvalue weighted by molar-refractivity contribution is 0.0983. The van der Waals surface area contributed by atoms with Crippen LogP contribution in [0.2, 0.25) is 5.02 Å². The van der Waals surface area contributed by atoms with Crippen molar-refractivity contribution in [3.05, 3.63) is 22.7 Å². The van der Waals surface area contributed by atoms with Crippen LogP contribution in [0.25, 0.3) is 11.0 Å². The number of aromatic nitrogens is 2. The number of benzene rings is 1. The van der Waals surface area contributed by atoms with Gasteiger partial charge in [0, 0.05) is 24.2 Å². The molecule has 0 bridgehead atoms. The minimum atomic E-state index is -0.222. The van der Waals surface area contributed by atoms with Gasteiger partial charge < -0.3 is 19.9 Å². The molecule has 0 atom stereocenters. The number of piperidine rings is 1. The third-order valence-electron chi connectivity index (χ3n) is 4.10. The minimum Gasteiger partial charge on any atom is -0.450 e. The van der Waals surface area contributed by atoms with Crippen molar-refractivity contribution in [2.75, 3.05) is 25.0 Å². The summed E-state index contributed by atoms with van der Waals surface area (Å²) < 4.78 is 5.03. The molecule has 1 amide bonds. The Morgan fingerprint density at radius 2 is 2.22 bits per heavy atom. The number of anilines is 1. The molecule has 2 N–H and O–H groups in total. The lowest BCUT2D eigenvalue weighted by Gasteiger charge is -2.31. The molecule has 2 heterocycles. The topological polar surface area (TPSA) is 70.2 Å². The van der Waals surface area contributed by atoms with E-state index >= 15 is 0 Å².